The number of aromatic hydroxyl groups is 2. The van der Waals surface area contributed by atoms with E-state index in [0.717, 1.165) is 13.0 Å². The van der Waals surface area contributed by atoms with Crippen molar-refractivity contribution in [3.63, 3.8) is 0 Å². The van der Waals surface area contributed by atoms with Crippen LogP contribution in [0, 0.1) is 0 Å². The van der Waals surface area contributed by atoms with Crippen LogP contribution < -0.4 is 0 Å². The zero-order valence-electron chi connectivity index (χ0n) is 11.1. The first-order chi connectivity index (χ1) is 8.43. The number of nitrogens with zero attached hydrogens (tertiary/aromatic N) is 2. The summed E-state index contributed by atoms with van der Waals surface area (Å²) in [5, 5.41) is 19.0. The number of carbonyl (C=O) groups excluding carboxylic acids is 1. The molecule has 0 spiro atoms. The Morgan fingerprint density at radius 2 is 1.83 bits per heavy atom. The van der Waals surface area contributed by atoms with Gasteiger partial charge in [-0.1, -0.05) is 6.07 Å². The molecule has 1 rings (SSSR count). The van der Waals surface area contributed by atoms with Crippen molar-refractivity contribution in [1.82, 2.24) is 9.80 Å². The fourth-order valence-electron chi connectivity index (χ4n) is 1.64. The summed E-state index contributed by atoms with van der Waals surface area (Å²) < 4.78 is 0. The maximum absolute atomic E-state index is 12.0. The van der Waals surface area contributed by atoms with Gasteiger partial charge in [-0.3, -0.25) is 4.79 Å². The Labute approximate surface area is 107 Å². The third-order valence-electron chi connectivity index (χ3n) is 2.69. The molecule has 1 aromatic rings. The second-order valence-electron chi connectivity index (χ2n) is 4.56. The first-order valence-corrected chi connectivity index (χ1v) is 5.84. The number of benzene rings is 1. The number of phenolic OH excluding ortho intramolecular Hbond substituents is 2. The molecular weight excluding hydrogens is 232 g/mol. The molecule has 1 aromatic carbocycles. The van der Waals surface area contributed by atoms with Crippen LogP contribution in [-0.2, 0) is 0 Å². The van der Waals surface area contributed by atoms with Gasteiger partial charge in [0.25, 0.3) is 5.91 Å². The van der Waals surface area contributed by atoms with Crippen LogP contribution >= 0.6 is 0 Å². The van der Waals surface area contributed by atoms with Crippen molar-refractivity contribution in [2.45, 2.75) is 6.42 Å². The minimum atomic E-state index is -0.359. The van der Waals surface area contributed by atoms with Crippen molar-refractivity contribution in [2.24, 2.45) is 0 Å². The van der Waals surface area contributed by atoms with Gasteiger partial charge in [0, 0.05) is 13.6 Å². The van der Waals surface area contributed by atoms with E-state index in [9.17, 15) is 15.0 Å². The van der Waals surface area contributed by atoms with E-state index in [1.807, 2.05) is 19.0 Å². The fraction of sp³-hybridized carbons (Fsp3) is 0.462. The Kier molecular flexibility index (Phi) is 4.97. The summed E-state index contributed by atoms with van der Waals surface area (Å²) in [5.41, 5.74) is 0.127. The van der Waals surface area contributed by atoms with Crippen LogP contribution in [0.2, 0.25) is 0 Å². The molecule has 5 heteroatoms. The SMILES string of the molecule is CN(C)CCCN(C)C(=O)c1cccc(O)c1O. The van der Waals surface area contributed by atoms with Crippen molar-refractivity contribution in [2.75, 3.05) is 34.2 Å². The zero-order chi connectivity index (χ0) is 13.7. The second kappa shape index (κ2) is 6.26. The standard InChI is InChI=1S/C13H20N2O3/c1-14(2)8-5-9-15(3)13(18)10-6-4-7-11(16)12(10)17/h4,6-7,16-17H,5,8-9H2,1-3H3. The van der Waals surface area contributed by atoms with Gasteiger partial charge in [-0.2, -0.15) is 0 Å². The number of rotatable bonds is 5. The summed E-state index contributed by atoms with van der Waals surface area (Å²) >= 11 is 0. The van der Waals surface area contributed by atoms with Crippen molar-refractivity contribution < 1.29 is 15.0 Å². The lowest BCUT2D eigenvalue weighted by molar-refractivity contribution is 0.0787. The molecule has 0 aliphatic rings. The lowest BCUT2D eigenvalue weighted by Crippen LogP contribution is -2.29. The van der Waals surface area contributed by atoms with Gasteiger partial charge in [0.1, 0.15) is 0 Å². The molecule has 0 fully saturated rings. The fourth-order valence-corrected chi connectivity index (χ4v) is 1.64. The molecule has 0 saturated heterocycles. The summed E-state index contributed by atoms with van der Waals surface area (Å²) in [6.07, 6.45) is 0.856. The molecule has 0 heterocycles. The zero-order valence-corrected chi connectivity index (χ0v) is 11.1. The van der Waals surface area contributed by atoms with Crippen molar-refractivity contribution in [1.29, 1.82) is 0 Å². The van der Waals surface area contributed by atoms with Gasteiger partial charge < -0.3 is 20.0 Å². The monoisotopic (exact) mass is 252 g/mol. The number of amides is 1. The topological polar surface area (TPSA) is 64.0 Å². The van der Waals surface area contributed by atoms with Gasteiger partial charge in [-0.25, -0.2) is 0 Å². The Hall–Kier alpha value is -1.75. The Balaban J connectivity index is 2.66. The molecular formula is C13H20N2O3. The van der Waals surface area contributed by atoms with Gasteiger partial charge in [0.15, 0.2) is 11.5 Å². The summed E-state index contributed by atoms with van der Waals surface area (Å²) in [6.45, 7) is 1.50. The molecule has 0 bridgehead atoms. The number of carbonyl (C=O) groups is 1. The third kappa shape index (κ3) is 3.63. The largest absolute Gasteiger partial charge is 0.504 e. The maximum Gasteiger partial charge on any atom is 0.257 e. The Morgan fingerprint density at radius 3 is 2.44 bits per heavy atom. The van der Waals surface area contributed by atoms with Crippen LogP contribution in [0.1, 0.15) is 16.8 Å². The van der Waals surface area contributed by atoms with Gasteiger partial charge >= 0.3 is 0 Å². The van der Waals surface area contributed by atoms with E-state index in [2.05, 4.69) is 0 Å². The van der Waals surface area contributed by atoms with Gasteiger partial charge in [0.2, 0.25) is 0 Å². The third-order valence-corrected chi connectivity index (χ3v) is 2.69. The highest BCUT2D eigenvalue weighted by atomic mass is 16.3. The molecule has 1 amide bonds. The van der Waals surface area contributed by atoms with Crippen molar-refractivity contribution in [3.8, 4) is 11.5 Å². The van der Waals surface area contributed by atoms with Crippen LogP contribution in [-0.4, -0.2) is 60.2 Å². The van der Waals surface area contributed by atoms with Crippen LogP contribution in [0.3, 0.4) is 0 Å². The van der Waals surface area contributed by atoms with Crippen LogP contribution in [0.4, 0.5) is 0 Å². The molecule has 0 aliphatic heterocycles. The van der Waals surface area contributed by atoms with E-state index in [0.29, 0.717) is 6.54 Å². The van der Waals surface area contributed by atoms with E-state index in [-0.39, 0.29) is 23.0 Å². The van der Waals surface area contributed by atoms with Gasteiger partial charge in [-0.15, -0.1) is 0 Å². The quantitative estimate of drug-likeness (QED) is 0.771. The molecule has 0 saturated carbocycles. The first kappa shape index (κ1) is 14.3. The lowest BCUT2D eigenvalue weighted by atomic mass is 10.1. The van der Waals surface area contributed by atoms with Crippen LogP contribution in [0.25, 0.3) is 0 Å². The molecule has 0 atom stereocenters. The number of phenols is 2. The average Bonchev–Trinajstić information content (AvgIpc) is 2.31. The summed E-state index contributed by atoms with van der Waals surface area (Å²) in [7, 11) is 5.63. The normalized spacial score (nSPS) is 10.7. The highest BCUT2D eigenvalue weighted by Gasteiger charge is 2.17. The molecule has 2 N–H and O–H groups in total. The summed E-state index contributed by atoms with van der Waals surface area (Å²) in [4.78, 5) is 15.6. The average molecular weight is 252 g/mol. The van der Waals surface area contributed by atoms with Gasteiger partial charge in [0.05, 0.1) is 5.56 Å². The molecule has 0 aliphatic carbocycles. The highest BCUT2D eigenvalue weighted by molar-refractivity contribution is 5.97. The van der Waals surface area contributed by atoms with E-state index >= 15 is 0 Å². The smallest absolute Gasteiger partial charge is 0.257 e. The molecule has 0 aromatic heterocycles. The predicted octanol–water partition coefficient (Wildman–Crippen LogP) is 1.12. The predicted molar refractivity (Wildman–Crippen MR) is 69.9 cm³/mol. The molecule has 18 heavy (non-hydrogen) atoms. The second-order valence-corrected chi connectivity index (χ2v) is 4.56. The maximum atomic E-state index is 12.0. The Bertz CT molecular complexity index is 419. The van der Waals surface area contributed by atoms with Crippen LogP contribution in [0.15, 0.2) is 18.2 Å². The molecule has 100 valence electrons. The van der Waals surface area contributed by atoms with E-state index in [1.54, 1.807) is 7.05 Å². The van der Waals surface area contributed by atoms with E-state index < -0.39 is 0 Å². The number of hydrogen-bond acceptors (Lipinski definition) is 4. The molecule has 0 radical (unpaired) electrons. The minimum Gasteiger partial charge on any atom is -0.504 e. The molecule has 5 nitrogen and oxygen atoms in total. The van der Waals surface area contributed by atoms with E-state index in [1.165, 1.54) is 23.1 Å². The summed E-state index contributed by atoms with van der Waals surface area (Å²) in [5.74, 6) is -0.924. The first-order valence-electron chi connectivity index (χ1n) is 5.84. The lowest BCUT2D eigenvalue weighted by Gasteiger charge is -2.19. The highest BCUT2D eigenvalue weighted by Crippen LogP contribution is 2.28. The molecule has 0 unspecified atom stereocenters. The van der Waals surface area contributed by atoms with Crippen LogP contribution in [0.5, 0.6) is 11.5 Å². The Morgan fingerprint density at radius 1 is 1.17 bits per heavy atom. The van der Waals surface area contributed by atoms with Crippen molar-refractivity contribution in [3.05, 3.63) is 23.8 Å². The number of para-hydroxylation sites is 1. The van der Waals surface area contributed by atoms with E-state index in [4.69, 9.17) is 0 Å². The minimum absolute atomic E-state index is 0.127. The van der Waals surface area contributed by atoms with Crippen molar-refractivity contribution >= 4 is 5.91 Å². The summed E-state index contributed by atoms with van der Waals surface area (Å²) in [6, 6.07) is 4.38. The number of hydrogen-bond donors (Lipinski definition) is 2. The van der Waals surface area contributed by atoms with Gasteiger partial charge in [-0.05, 0) is 39.2 Å².